The molecule has 1 aromatic heterocycles. The lowest BCUT2D eigenvalue weighted by Gasteiger charge is -2.19. The number of ether oxygens (including phenoxy) is 1. The molecule has 4 nitrogen and oxygen atoms in total. The van der Waals surface area contributed by atoms with E-state index in [2.05, 4.69) is 0 Å². The number of carbonyl (C=O) groups is 1. The van der Waals surface area contributed by atoms with Gasteiger partial charge in [0.05, 0.1) is 11.3 Å². The standard InChI is InChI=1S/C19H13ClF3NO3/c20-14-6-7-16(15(11-14)24-8-1-2-9-24)27-17(18(25)26)12-4-3-5-13(10-12)19(21,22)23/h1-11,17H,(H,25,26). The molecule has 3 aromatic rings. The van der Waals surface area contributed by atoms with Gasteiger partial charge in [0.25, 0.3) is 0 Å². The van der Waals surface area contributed by atoms with Crippen LogP contribution in [0.4, 0.5) is 13.2 Å². The zero-order chi connectivity index (χ0) is 19.6. The minimum atomic E-state index is -4.59. The molecule has 27 heavy (non-hydrogen) atoms. The molecule has 1 heterocycles. The molecule has 3 rings (SSSR count). The first-order valence-corrected chi connectivity index (χ1v) is 8.13. The van der Waals surface area contributed by atoms with Crippen LogP contribution >= 0.6 is 11.6 Å². The highest BCUT2D eigenvalue weighted by Crippen LogP contribution is 2.34. The number of alkyl halides is 3. The fraction of sp³-hybridized carbons (Fsp3) is 0.105. The first-order valence-electron chi connectivity index (χ1n) is 7.75. The maximum absolute atomic E-state index is 12.9. The van der Waals surface area contributed by atoms with Crippen molar-refractivity contribution >= 4 is 17.6 Å². The Labute approximate surface area is 157 Å². The molecule has 0 fully saturated rings. The van der Waals surface area contributed by atoms with E-state index in [1.54, 1.807) is 35.2 Å². The van der Waals surface area contributed by atoms with Gasteiger partial charge >= 0.3 is 12.1 Å². The van der Waals surface area contributed by atoms with Gasteiger partial charge in [-0.15, -0.1) is 0 Å². The minimum absolute atomic E-state index is 0.120. The molecule has 0 saturated heterocycles. The summed E-state index contributed by atoms with van der Waals surface area (Å²) in [5.41, 5.74) is -0.604. The van der Waals surface area contributed by atoms with E-state index in [4.69, 9.17) is 16.3 Å². The molecule has 140 valence electrons. The van der Waals surface area contributed by atoms with E-state index in [0.29, 0.717) is 10.7 Å². The molecule has 0 saturated carbocycles. The molecule has 0 spiro atoms. The van der Waals surface area contributed by atoms with E-state index in [-0.39, 0.29) is 11.3 Å². The van der Waals surface area contributed by atoms with Crippen molar-refractivity contribution in [2.24, 2.45) is 0 Å². The highest BCUT2D eigenvalue weighted by molar-refractivity contribution is 6.30. The Bertz CT molecular complexity index is 955. The van der Waals surface area contributed by atoms with Crippen molar-refractivity contribution in [3.63, 3.8) is 0 Å². The van der Waals surface area contributed by atoms with Crippen molar-refractivity contribution in [2.45, 2.75) is 12.3 Å². The lowest BCUT2D eigenvalue weighted by Crippen LogP contribution is -2.19. The number of aromatic nitrogens is 1. The van der Waals surface area contributed by atoms with Gasteiger partial charge in [0.2, 0.25) is 6.10 Å². The van der Waals surface area contributed by atoms with Crippen LogP contribution < -0.4 is 4.74 Å². The zero-order valence-corrected chi connectivity index (χ0v) is 14.4. The van der Waals surface area contributed by atoms with E-state index in [1.165, 1.54) is 18.2 Å². The summed E-state index contributed by atoms with van der Waals surface area (Å²) in [5, 5.41) is 9.92. The van der Waals surface area contributed by atoms with Gasteiger partial charge in [0.1, 0.15) is 5.75 Å². The van der Waals surface area contributed by atoms with Crippen LogP contribution in [-0.4, -0.2) is 15.6 Å². The highest BCUT2D eigenvalue weighted by Gasteiger charge is 2.32. The van der Waals surface area contributed by atoms with Gasteiger partial charge in [-0.05, 0) is 42.5 Å². The summed E-state index contributed by atoms with van der Waals surface area (Å²) in [6, 6.07) is 12.1. The summed E-state index contributed by atoms with van der Waals surface area (Å²) < 4.78 is 46.1. The predicted molar refractivity (Wildman–Crippen MR) is 93.2 cm³/mol. The van der Waals surface area contributed by atoms with Crippen LogP contribution in [0.1, 0.15) is 17.2 Å². The Morgan fingerprint density at radius 2 is 1.78 bits per heavy atom. The average molecular weight is 396 g/mol. The molecule has 1 unspecified atom stereocenters. The van der Waals surface area contributed by atoms with Crippen LogP contribution in [0.25, 0.3) is 5.69 Å². The number of carboxylic acids is 1. The molecule has 2 aromatic carbocycles. The van der Waals surface area contributed by atoms with Crippen LogP contribution in [-0.2, 0) is 11.0 Å². The van der Waals surface area contributed by atoms with Crippen molar-refractivity contribution in [2.75, 3.05) is 0 Å². The number of hydrogen-bond donors (Lipinski definition) is 1. The number of rotatable bonds is 5. The van der Waals surface area contributed by atoms with Gasteiger partial charge < -0.3 is 14.4 Å². The second-order valence-corrected chi connectivity index (χ2v) is 6.10. The summed E-state index contributed by atoms with van der Waals surface area (Å²) in [4.78, 5) is 11.7. The second kappa shape index (κ2) is 7.36. The van der Waals surface area contributed by atoms with Gasteiger partial charge in [-0.3, -0.25) is 0 Å². The lowest BCUT2D eigenvalue weighted by atomic mass is 10.1. The fourth-order valence-corrected chi connectivity index (χ4v) is 2.72. The Morgan fingerprint density at radius 1 is 1.07 bits per heavy atom. The van der Waals surface area contributed by atoms with Crippen LogP contribution in [0.5, 0.6) is 5.75 Å². The Balaban J connectivity index is 2.01. The third-order valence-electron chi connectivity index (χ3n) is 3.79. The first-order chi connectivity index (χ1) is 12.8. The van der Waals surface area contributed by atoms with E-state index in [1.807, 2.05) is 0 Å². The molecule has 0 aliphatic heterocycles. The topological polar surface area (TPSA) is 51.5 Å². The number of benzene rings is 2. The number of carboxylic acid groups (broad SMARTS) is 1. The van der Waals surface area contributed by atoms with Crippen molar-refractivity contribution in [3.8, 4) is 11.4 Å². The van der Waals surface area contributed by atoms with Gasteiger partial charge in [-0.25, -0.2) is 4.79 Å². The van der Waals surface area contributed by atoms with Crippen LogP contribution in [0.15, 0.2) is 67.0 Å². The molecular formula is C19H13ClF3NO3. The van der Waals surface area contributed by atoms with Gasteiger partial charge in [0.15, 0.2) is 0 Å². The van der Waals surface area contributed by atoms with Crippen LogP contribution in [0, 0.1) is 0 Å². The Hall–Kier alpha value is -2.93. The maximum Gasteiger partial charge on any atom is 0.416 e. The third-order valence-corrected chi connectivity index (χ3v) is 4.02. The van der Waals surface area contributed by atoms with Gasteiger partial charge in [-0.1, -0.05) is 23.7 Å². The fourth-order valence-electron chi connectivity index (χ4n) is 2.55. The molecular weight excluding hydrogens is 383 g/mol. The second-order valence-electron chi connectivity index (χ2n) is 5.66. The van der Waals surface area contributed by atoms with E-state index < -0.39 is 23.8 Å². The summed E-state index contributed by atoms with van der Waals surface area (Å²) in [7, 11) is 0. The SMILES string of the molecule is O=C(O)C(Oc1ccc(Cl)cc1-n1cccc1)c1cccc(C(F)(F)F)c1. The molecule has 1 atom stereocenters. The molecule has 0 radical (unpaired) electrons. The number of nitrogens with zero attached hydrogens (tertiary/aromatic N) is 1. The largest absolute Gasteiger partial charge is 0.478 e. The summed E-state index contributed by atoms with van der Waals surface area (Å²) in [6.07, 6.45) is -2.80. The Morgan fingerprint density at radius 3 is 2.41 bits per heavy atom. The van der Waals surface area contributed by atoms with Crippen molar-refractivity contribution < 1.29 is 27.8 Å². The maximum atomic E-state index is 12.9. The predicted octanol–water partition coefficient (Wildman–Crippen LogP) is 5.35. The molecule has 8 heteroatoms. The Kier molecular flexibility index (Phi) is 5.14. The summed E-state index contributed by atoms with van der Waals surface area (Å²) in [6.45, 7) is 0. The average Bonchev–Trinajstić information content (AvgIpc) is 3.14. The molecule has 0 amide bonds. The smallest absolute Gasteiger partial charge is 0.416 e. The van der Waals surface area contributed by atoms with Crippen LogP contribution in [0.2, 0.25) is 5.02 Å². The number of halogens is 4. The van der Waals surface area contributed by atoms with Gasteiger partial charge in [0, 0.05) is 23.0 Å². The quantitative estimate of drug-likeness (QED) is 0.633. The highest BCUT2D eigenvalue weighted by atomic mass is 35.5. The molecule has 0 aliphatic carbocycles. The molecule has 0 bridgehead atoms. The van der Waals surface area contributed by atoms with Crippen LogP contribution in [0.3, 0.4) is 0 Å². The minimum Gasteiger partial charge on any atom is -0.478 e. The number of aliphatic carboxylic acids is 1. The summed E-state index contributed by atoms with van der Waals surface area (Å²) in [5.74, 6) is -1.25. The number of hydrogen-bond acceptors (Lipinski definition) is 2. The van der Waals surface area contributed by atoms with E-state index in [9.17, 15) is 23.1 Å². The van der Waals surface area contributed by atoms with Gasteiger partial charge in [-0.2, -0.15) is 13.2 Å². The molecule has 0 aliphatic rings. The molecule has 1 N–H and O–H groups in total. The van der Waals surface area contributed by atoms with E-state index >= 15 is 0 Å². The third kappa shape index (κ3) is 4.25. The van der Waals surface area contributed by atoms with Crippen molar-refractivity contribution in [1.82, 2.24) is 4.57 Å². The normalized spacial score (nSPS) is 12.6. The van der Waals surface area contributed by atoms with Crippen molar-refractivity contribution in [3.05, 3.63) is 83.1 Å². The summed E-state index contributed by atoms with van der Waals surface area (Å²) >= 11 is 6.01. The lowest BCUT2D eigenvalue weighted by molar-refractivity contribution is -0.146. The van der Waals surface area contributed by atoms with E-state index in [0.717, 1.165) is 18.2 Å². The zero-order valence-electron chi connectivity index (χ0n) is 13.7. The first kappa shape index (κ1) is 18.8. The van der Waals surface area contributed by atoms with Crippen molar-refractivity contribution in [1.29, 1.82) is 0 Å². The monoisotopic (exact) mass is 395 g/mol.